The second kappa shape index (κ2) is 13.0. The summed E-state index contributed by atoms with van der Waals surface area (Å²) in [5.41, 5.74) is 0.841. The summed E-state index contributed by atoms with van der Waals surface area (Å²) in [7, 11) is 1.66. The van der Waals surface area contributed by atoms with Gasteiger partial charge in [0.15, 0.2) is 0 Å². The summed E-state index contributed by atoms with van der Waals surface area (Å²) in [6, 6.07) is 7.34. The highest BCUT2D eigenvalue weighted by Gasteiger charge is 2.62. The van der Waals surface area contributed by atoms with Crippen molar-refractivity contribution in [2.24, 2.45) is 28.6 Å². The Hall–Kier alpha value is -3.13. The number of aliphatic carboxylic acids is 1. The van der Waals surface area contributed by atoms with Crippen molar-refractivity contribution in [2.45, 2.75) is 85.1 Å². The van der Waals surface area contributed by atoms with E-state index in [2.05, 4.69) is 10.3 Å². The number of rotatable bonds is 7. The number of carbonyl (C=O) groups is 5. The number of benzene rings is 1. The summed E-state index contributed by atoms with van der Waals surface area (Å²) in [6.07, 6.45) is 6.86. The van der Waals surface area contributed by atoms with Crippen LogP contribution in [-0.2, 0) is 30.4 Å². The highest BCUT2D eigenvalue weighted by atomic mass is 16.4. The SMILES string of the molecule is CC.CC12CC(=O)C3C(CCC(=O)[C@]3(C)CCC=O)C1CCC2=O.CNC(Cc1c[nH]c2ccccc12)C(=O)O. The summed E-state index contributed by atoms with van der Waals surface area (Å²) >= 11 is 0. The predicted molar refractivity (Wildman–Crippen MR) is 154 cm³/mol. The van der Waals surface area contributed by atoms with Crippen molar-refractivity contribution < 1.29 is 29.1 Å². The number of fused-ring (bicyclic) bond motifs is 4. The van der Waals surface area contributed by atoms with Gasteiger partial charge in [-0.2, -0.15) is 0 Å². The summed E-state index contributed by atoms with van der Waals surface area (Å²) in [5.74, 6) is -0.350. The summed E-state index contributed by atoms with van der Waals surface area (Å²) < 4.78 is 0. The number of hydrogen-bond donors (Lipinski definition) is 3. The zero-order valence-electron chi connectivity index (χ0n) is 24.4. The van der Waals surface area contributed by atoms with Gasteiger partial charge in [0.25, 0.3) is 0 Å². The van der Waals surface area contributed by atoms with Crippen molar-refractivity contribution in [3.05, 3.63) is 36.0 Å². The van der Waals surface area contributed by atoms with Gasteiger partial charge in [0.2, 0.25) is 0 Å². The van der Waals surface area contributed by atoms with Crippen LogP contribution in [0.3, 0.4) is 0 Å². The van der Waals surface area contributed by atoms with Crippen LogP contribution >= 0.6 is 0 Å². The minimum atomic E-state index is -0.826. The van der Waals surface area contributed by atoms with Crippen LogP contribution in [0.4, 0.5) is 0 Å². The largest absolute Gasteiger partial charge is 0.480 e. The molecule has 3 aliphatic carbocycles. The first-order valence-electron chi connectivity index (χ1n) is 14.5. The highest BCUT2D eigenvalue weighted by molar-refractivity contribution is 5.99. The number of aldehydes is 1. The highest BCUT2D eigenvalue weighted by Crippen LogP contribution is 2.60. The van der Waals surface area contributed by atoms with Crippen LogP contribution in [0.25, 0.3) is 10.9 Å². The lowest BCUT2D eigenvalue weighted by molar-refractivity contribution is -0.160. The number of nitrogens with one attached hydrogen (secondary N) is 2. The van der Waals surface area contributed by atoms with E-state index in [-0.39, 0.29) is 41.5 Å². The van der Waals surface area contributed by atoms with Crippen molar-refractivity contribution in [3.8, 4) is 0 Å². The first kappa shape index (κ1) is 31.4. The molecule has 3 saturated carbocycles. The molecule has 0 radical (unpaired) electrons. The monoisotopic (exact) mass is 552 g/mol. The Kier molecular flexibility index (Phi) is 10.2. The van der Waals surface area contributed by atoms with Crippen molar-refractivity contribution >= 4 is 40.5 Å². The molecule has 5 rings (SSSR count). The number of para-hydroxylation sites is 1. The van der Waals surface area contributed by atoms with Crippen LogP contribution in [0, 0.1) is 28.6 Å². The van der Waals surface area contributed by atoms with Gasteiger partial charge in [0.05, 0.1) is 0 Å². The Labute approximate surface area is 236 Å². The van der Waals surface area contributed by atoms with E-state index in [0.717, 1.165) is 35.6 Å². The van der Waals surface area contributed by atoms with Crippen LogP contribution in [0.2, 0.25) is 0 Å². The Morgan fingerprint density at radius 3 is 2.45 bits per heavy atom. The Balaban J connectivity index is 0.000000217. The number of ketones is 3. The Morgan fingerprint density at radius 1 is 1.12 bits per heavy atom. The molecular formula is C32H44N2O6. The molecule has 8 heteroatoms. The topological polar surface area (TPSA) is 133 Å². The number of likely N-dealkylation sites (N-methyl/N-ethyl adjacent to an activating group) is 1. The van der Waals surface area contributed by atoms with E-state index in [9.17, 15) is 24.0 Å². The molecule has 3 fully saturated rings. The van der Waals surface area contributed by atoms with E-state index < -0.39 is 22.8 Å². The van der Waals surface area contributed by atoms with Crippen LogP contribution in [0.5, 0.6) is 0 Å². The van der Waals surface area contributed by atoms with Crippen molar-refractivity contribution in [3.63, 3.8) is 0 Å². The fraction of sp³-hybridized carbons (Fsp3) is 0.594. The molecule has 0 bridgehead atoms. The summed E-state index contributed by atoms with van der Waals surface area (Å²) in [6.45, 7) is 7.81. The van der Waals surface area contributed by atoms with E-state index in [0.29, 0.717) is 32.1 Å². The standard InChI is InChI=1S/C18H24O4.C12H14N2O2.C2H6/c1-17(8-3-9-19)14(21)6-4-11-12-5-7-15(22)18(12,2)10-13(20)16(11)17;1-13-11(12(15)16)6-8-7-14-10-5-3-2-4-9(8)10;1-2/h9,11-12,16H,3-8,10H2,1-2H3;2-5,7,11,13-14H,6H2,1H3,(H,15,16);1-2H3/t11?,12?,16?,17-,18?;;/m0../s1. The average molecular weight is 553 g/mol. The maximum atomic E-state index is 12.9. The zero-order valence-corrected chi connectivity index (χ0v) is 24.4. The van der Waals surface area contributed by atoms with E-state index in [4.69, 9.17) is 5.11 Å². The predicted octanol–water partition coefficient (Wildman–Crippen LogP) is 4.93. The molecule has 40 heavy (non-hydrogen) atoms. The fourth-order valence-electron chi connectivity index (χ4n) is 7.40. The van der Waals surface area contributed by atoms with Crippen LogP contribution < -0.4 is 5.32 Å². The molecule has 8 nitrogen and oxygen atoms in total. The molecule has 2 aromatic rings. The van der Waals surface area contributed by atoms with Gasteiger partial charge in [-0.1, -0.05) is 45.9 Å². The van der Waals surface area contributed by atoms with E-state index in [1.165, 1.54) is 0 Å². The third-order valence-electron chi connectivity index (χ3n) is 9.53. The summed E-state index contributed by atoms with van der Waals surface area (Å²) in [5, 5.41) is 12.8. The summed E-state index contributed by atoms with van der Waals surface area (Å²) in [4.78, 5) is 62.5. The number of aromatic nitrogens is 1. The van der Waals surface area contributed by atoms with Gasteiger partial charge in [0.1, 0.15) is 29.7 Å². The molecule has 0 spiro atoms. The normalized spacial score (nSPS) is 29.8. The van der Waals surface area contributed by atoms with E-state index in [1.54, 1.807) is 7.05 Å². The minimum absolute atomic E-state index is 0.0699. The molecule has 6 atom stereocenters. The first-order chi connectivity index (χ1) is 19.1. The molecule has 1 aromatic carbocycles. The quantitative estimate of drug-likeness (QED) is 0.415. The molecular weight excluding hydrogens is 508 g/mol. The number of carboxylic acid groups (broad SMARTS) is 1. The second-order valence-corrected chi connectivity index (χ2v) is 11.6. The number of carboxylic acids is 1. The first-order valence-corrected chi connectivity index (χ1v) is 14.5. The number of carbonyl (C=O) groups excluding carboxylic acids is 4. The van der Waals surface area contributed by atoms with Gasteiger partial charge < -0.3 is 20.2 Å². The molecule has 3 aliphatic rings. The Bertz CT molecular complexity index is 1250. The van der Waals surface area contributed by atoms with Gasteiger partial charge in [-0.15, -0.1) is 0 Å². The maximum Gasteiger partial charge on any atom is 0.321 e. The number of Topliss-reactive ketones (excluding diaryl/α,β-unsaturated/α-hetero) is 3. The van der Waals surface area contributed by atoms with Gasteiger partial charge in [-0.25, -0.2) is 0 Å². The molecule has 1 heterocycles. The lowest BCUT2D eigenvalue weighted by Gasteiger charge is -2.52. The van der Waals surface area contributed by atoms with Crippen LogP contribution in [-0.4, -0.2) is 52.8 Å². The molecule has 1 aromatic heterocycles. The van der Waals surface area contributed by atoms with E-state index >= 15 is 0 Å². The number of hydrogen-bond acceptors (Lipinski definition) is 6. The lowest BCUT2D eigenvalue weighted by Crippen LogP contribution is -2.56. The molecule has 0 amide bonds. The molecule has 0 aliphatic heterocycles. The maximum absolute atomic E-state index is 12.9. The van der Waals surface area contributed by atoms with Crippen molar-refractivity contribution in [2.75, 3.05) is 7.05 Å². The lowest BCUT2D eigenvalue weighted by atomic mass is 9.49. The smallest absolute Gasteiger partial charge is 0.321 e. The Morgan fingerprint density at radius 2 is 1.80 bits per heavy atom. The molecule has 5 unspecified atom stereocenters. The number of aromatic amines is 1. The van der Waals surface area contributed by atoms with Gasteiger partial charge in [-0.05, 0) is 49.8 Å². The molecule has 3 N–H and O–H groups in total. The molecule has 218 valence electrons. The van der Waals surface area contributed by atoms with E-state index in [1.807, 2.05) is 58.2 Å². The van der Waals surface area contributed by atoms with Gasteiger partial charge in [-0.3, -0.25) is 19.2 Å². The van der Waals surface area contributed by atoms with Gasteiger partial charge in [0, 0.05) is 66.0 Å². The third kappa shape index (κ3) is 5.82. The average Bonchev–Trinajstić information content (AvgIpc) is 3.49. The van der Waals surface area contributed by atoms with Crippen LogP contribution in [0.15, 0.2) is 30.5 Å². The molecule has 0 saturated heterocycles. The third-order valence-corrected chi connectivity index (χ3v) is 9.53. The second-order valence-electron chi connectivity index (χ2n) is 11.6. The fourth-order valence-corrected chi connectivity index (χ4v) is 7.40. The van der Waals surface area contributed by atoms with Crippen molar-refractivity contribution in [1.29, 1.82) is 0 Å². The van der Waals surface area contributed by atoms with Crippen LogP contribution in [0.1, 0.15) is 78.2 Å². The zero-order chi connectivity index (χ0) is 29.7. The van der Waals surface area contributed by atoms with Gasteiger partial charge >= 0.3 is 5.97 Å². The minimum Gasteiger partial charge on any atom is -0.480 e. The van der Waals surface area contributed by atoms with Crippen molar-refractivity contribution in [1.82, 2.24) is 10.3 Å². The number of H-pyrrole nitrogens is 1.